The van der Waals surface area contributed by atoms with Gasteiger partial charge in [-0.05, 0) is 38.4 Å². The lowest BCUT2D eigenvalue weighted by Gasteiger charge is -2.29. The minimum atomic E-state index is -3.48. The van der Waals surface area contributed by atoms with Gasteiger partial charge in [0, 0.05) is 25.0 Å². The van der Waals surface area contributed by atoms with Gasteiger partial charge in [-0.2, -0.15) is 0 Å². The molecular weight excluding hydrogens is 266 g/mol. The summed E-state index contributed by atoms with van der Waals surface area (Å²) < 4.78 is 26.8. The van der Waals surface area contributed by atoms with Crippen LogP contribution in [0.3, 0.4) is 0 Å². The number of piperidine rings is 1. The fourth-order valence-corrected chi connectivity index (χ4v) is 3.55. The van der Waals surface area contributed by atoms with Crippen molar-refractivity contribution in [1.29, 1.82) is 0 Å². The summed E-state index contributed by atoms with van der Waals surface area (Å²) >= 11 is 0. The van der Waals surface area contributed by atoms with Crippen LogP contribution in [0, 0.1) is 5.92 Å². The lowest BCUT2D eigenvalue weighted by Crippen LogP contribution is -2.39. The summed E-state index contributed by atoms with van der Waals surface area (Å²) in [6.45, 7) is 2.29. The van der Waals surface area contributed by atoms with Gasteiger partial charge in [0.05, 0.1) is 11.5 Å². The van der Waals surface area contributed by atoms with E-state index in [-0.39, 0.29) is 11.5 Å². The molecule has 1 saturated heterocycles. The maximum absolute atomic E-state index is 12.1. The van der Waals surface area contributed by atoms with Gasteiger partial charge >= 0.3 is 0 Å². The molecule has 1 aliphatic rings. The number of hydrogen-bond donors (Lipinski definition) is 3. The van der Waals surface area contributed by atoms with Gasteiger partial charge in [0.15, 0.2) is 0 Å². The van der Waals surface area contributed by atoms with E-state index < -0.39 is 10.0 Å². The van der Waals surface area contributed by atoms with Crippen LogP contribution in [0.25, 0.3) is 0 Å². The number of aromatic amines is 1. The van der Waals surface area contributed by atoms with Gasteiger partial charge < -0.3 is 15.0 Å². The highest BCUT2D eigenvalue weighted by Crippen LogP contribution is 2.16. The van der Waals surface area contributed by atoms with E-state index in [9.17, 15) is 8.42 Å². The zero-order chi connectivity index (χ0) is 13.9. The van der Waals surface area contributed by atoms with Gasteiger partial charge in [0.25, 0.3) is 0 Å². The number of sulfonamides is 1. The molecule has 0 bridgehead atoms. The number of nitrogens with zero attached hydrogens (tertiary/aromatic N) is 1. The maximum atomic E-state index is 12.1. The van der Waals surface area contributed by atoms with Crippen LogP contribution < -0.4 is 4.72 Å². The van der Waals surface area contributed by atoms with E-state index >= 15 is 0 Å². The Hall–Kier alpha value is -0.890. The van der Waals surface area contributed by atoms with Crippen LogP contribution in [0.4, 0.5) is 0 Å². The Labute approximate surface area is 113 Å². The summed E-state index contributed by atoms with van der Waals surface area (Å²) in [6, 6.07) is 1.45. The average molecular weight is 287 g/mol. The molecule has 1 atom stereocenters. The molecule has 0 aliphatic carbocycles. The van der Waals surface area contributed by atoms with Crippen LogP contribution in [0.15, 0.2) is 17.2 Å². The second kappa shape index (κ2) is 6.04. The molecule has 2 rings (SSSR count). The predicted molar refractivity (Wildman–Crippen MR) is 72.1 cm³/mol. The Kier molecular flexibility index (Phi) is 4.62. The first kappa shape index (κ1) is 14.5. The summed E-state index contributed by atoms with van der Waals surface area (Å²) in [7, 11) is -1.42. The molecule has 0 aromatic carbocycles. The molecule has 0 amide bonds. The molecule has 0 saturated carbocycles. The van der Waals surface area contributed by atoms with Crippen molar-refractivity contribution in [2.45, 2.75) is 24.3 Å². The molecule has 0 radical (unpaired) electrons. The third-order valence-corrected chi connectivity index (χ3v) is 4.88. The predicted octanol–water partition coefficient (Wildman–Crippen LogP) is 0.127. The Morgan fingerprint density at radius 3 is 3.00 bits per heavy atom. The van der Waals surface area contributed by atoms with Gasteiger partial charge in [-0.3, -0.25) is 0 Å². The molecule has 1 unspecified atom stereocenters. The van der Waals surface area contributed by atoms with Crippen LogP contribution in [0.1, 0.15) is 18.5 Å². The quantitative estimate of drug-likeness (QED) is 0.718. The molecule has 6 nitrogen and oxygen atoms in total. The first-order chi connectivity index (χ1) is 9.01. The molecule has 1 aromatic heterocycles. The third-order valence-electron chi connectivity index (χ3n) is 3.48. The van der Waals surface area contributed by atoms with Crippen LogP contribution in [0.5, 0.6) is 0 Å². The standard InChI is InChI=1S/C12H21N3O3S/c1-15-4-2-3-10(8-15)6-14-19(17,18)12-5-11(9-16)13-7-12/h5,7,10,13-14,16H,2-4,6,8-9H2,1H3. The Morgan fingerprint density at radius 2 is 2.37 bits per heavy atom. The van der Waals surface area contributed by atoms with Gasteiger partial charge in [0.2, 0.25) is 10.0 Å². The lowest BCUT2D eigenvalue weighted by atomic mass is 9.99. The fraction of sp³-hybridized carbons (Fsp3) is 0.667. The minimum absolute atomic E-state index is 0.181. The highest BCUT2D eigenvalue weighted by atomic mass is 32.2. The Morgan fingerprint density at radius 1 is 1.58 bits per heavy atom. The molecule has 3 N–H and O–H groups in total. The van der Waals surface area contributed by atoms with Gasteiger partial charge in [0.1, 0.15) is 0 Å². The molecular formula is C12H21N3O3S. The number of aliphatic hydroxyl groups excluding tert-OH is 1. The van der Waals surface area contributed by atoms with E-state index in [4.69, 9.17) is 5.11 Å². The Bertz CT molecular complexity index is 512. The van der Waals surface area contributed by atoms with E-state index in [0.717, 1.165) is 25.9 Å². The first-order valence-electron chi connectivity index (χ1n) is 6.47. The normalized spacial score (nSPS) is 21.7. The lowest BCUT2D eigenvalue weighted by molar-refractivity contribution is 0.211. The van der Waals surface area contributed by atoms with Crippen LogP contribution in [-0.4, -0.2) is 50.1 Å². The summed E-state index contributed by atoms with van der Waals surface area (Å²) in [5.74, 6) is 0.366. The molecule has 2 heterocycles. The smallest absolute Gasteiger partial charge is 0.242 e. The zero-order valence-corrected chi connectivity index (χ0v) is 11.9. The van der Waals surface area contributed by atoms with Crippen molar-refractivity contribution < 1.29 is 13.5 Å². The second-order valence-corrected chi connectivity index (χ2v) is 6.91. The van der Waals surface area contributed by atoms with E-state index in [1.807, 2.05) is 0 Å². The monoisotopic (exact) mass is 287 g/mol. The number of aromatic nitrogens is 1. The zero-order valence-electron chi connectivity index (χ0n) is 11.1. The van der Waals surface area contributed by atoms with E-state index in [1.165, 1.54) is 12.3 Å². The summed E-state index contributed by atoms with van der Waals surface area (Å²) in [4.78, 5) is 5.14. The van der Waals surface area contributed by atoms with Crippen LogP contribution in [-0.2, 0) is 16.6 Å². The molecule has 7 heteroatoms. The van der Waals surface area contributed by atoms with Crippen molar-refractivity contribution in [3.63, 3.8) is 0 Å². The van der Waals surface area contributed by atoms with Crippen molar-refractivity contribution in [1.82, 2.24) is 14.6 Å². The van der Waals surface area contributed by atoms with E-state index in [2.05, 4.69) is 21.7 Å². The van der Waals surface area contributed by atoms with Gasteiger partial charge in [-0.25, -0.2) is 13.1 Å². The van der Waals surface area contributed by atoms with Crippen molar-refractivity contribution in [3.8, 4) is 0 Å². The van der Waals surface area contributed by atoms with Crippen molar-refractivity contribution in [3.05, 3.63) is 18.0 Å². The number of rotatable bonds is 5. The number of aliphatic hydroxyl groups is 1. The third kappa shape index (κ3) is 3.79. The average Bonchev–Trinajstić information content (AvgIpc) is 2.86. The molecule has 1 aliphatic heterocycles. The molecule has 19 heavy (non-hydrogen) atoms. The largest absolute Gasteiger partial charge is 0.390 e. The minimum Gasteiger partial charge on any atom is -0.390 e. The topological polar surface area (TPSA) is 85.4 Å². The van der Waals surface area contributed by atoms with E-state index in [0.29, 0.717) is 18.2 Å². The number of hydrogen-bond acceptors (Lipinski definition) is 4. The second-order valence-electron chi connectivity index (χ2n) is 5.14. The van der Waals surface area contributed by atoms with Gasteiger partial charge in [-0.15, -0.1) is 0 Å². The SMILES string of the molecule is CN1CCCC(CNS(=O)(=O)c2c[nH]c(CO)c2)C1. The number of nitrogens with one attached hydrogen (secondary N) is 2. The van der Waals surface area contributed by atoms with Crippen LogP contribution in [0.2, 0.25) is 0 Å². The van der Waals surface area contributed by atoms with Crippen molar-refractivity contribution >= 4 is 10.0 Å². The van der Waals surface area contributed by atoms with Crippen LogP contribution >= 0.6 is 0 Å². The first-order valence-corrected chi connectivity index (χ1v) is 7.96. The molecule has 1 aromatic rings. The molecule has 108 valence electrons. The maximum Gasteiger partial charge on any atom is 0.242 e. The summed E-state index contributed by atoms with van der Waals surface area (Å²) in [5.41, 5.74) is 0.498. The van der Waals surface area contributed by atoms with Gasteiger partial charge in [-0.1, -0.05) is 0 Å². The molecule has 1 fully saturated rings. The van der Waals surface area contributed by atoms with Crippen molar-refractivity contribution in [2.24, 2.45) is 5.92 Å². The fourth-order valence-electron chi connectivity index (χ4n) is 2.42. The number of H-pyrrole nitrogens is 1. The summed E-state index contributed by atoms with van der Waals surface area (Å²) in [6.07, 6.45) is 3.57. The Balaban J connectivity index is 1.93. The number of likely N-dealkylation sites (tertiary alicyclic amines) is 1. The highest BCUT2D eigenvalue weighted by Gasteiger charge is 2.21. The highest BCUT2D eigenvalue weighted by molar-refractivity contribution is 7.89. The van der Waals surface area contributed by atoms with Crippen molar-refractivity contribution in [2.75, 3.05) is 26.7 Å². The molecule has 0 spiro atoms. The summed E-state index contributed by atoms with van der Waals surface area (Å²) in [5, 5.41) is 8.93. The van der Waals surface area contributed by atoms with E-state index in [1.54, 1.807) is 0 Å².